The van der Waals surface area contributed by atoms with Crippen LogP contribution in [0.1, 0.15) is 33.1 Å². The van der Waals surface area contributed by atoms with Crippen molar-refractivity contribution < 1.29 is 0 Å². The predicted octanol–water partition coefficient (Wildman–Crippen LogP) is 2.77. The van der Waals surface area contributed by atoms with Crippen molar-refractivity contribution in [3.05, 3.63) is 11.6 Å². The smallest absolute Gasteiger partial charge is 0.0206 e. The van der Waals surface area contributed by atoms with Gasteiger partial charge in [-0.2, -0.15) is 0 Å². The molecule has 0 aliphatic rings. The lowest BCUT2D eigenvalue weighted by Gasteiger charge is -1.92. The molecule has 0 heterocycles. The Labute approximate surface area is 57.3 Å². The first-order chi connectivity index (χ1) is 4.35. The first kappa shape index (κ1) is 8.41. The molecule has 9 heavy (non-hydrogen) atoms. The molecule has 0 aromatic carbocycles. The van der Waals surface area contributed by atoms with Crippen LogP contribution in [-0.4, -0.2) is 6.21 Å². The fraction of sp³-hybridized carbons (Fsp3) is 0.625. The summed E-state index contributed by atoms with van der Waals surface area (Å²) >= 11 is 0. The highest BCUT2D eigenvalue weighted by Gasteiger charge is 1.84. The van der Waals surface area contributed by atoms with Crippen molar-refractivity contribution in [2.45, 2.75) is 33.1 Å². The number of hydrogen-bond acceptors (Lipinski definition) is 1. The standard InChI is InChI=1S/C8H15N/c1-3-5-6-8(4-2)7-9/h6-7,9H,3-5H2,1-2H3/b8-6+,9-7?. The van der Waals surface area contributed by atoms with Gasteiger partial charge in [-0.15, -0.1) is 0 Å². The number of nitrogens with one attached hydrogen (secondary N) is 1. The summed E-state index contributed by atoms with van der Waals surface area (Å²) < 4.78 is 0. The molecule has 0 aliphatic carbocycles. The molecule has 0 spiro atoms. The lowest BCUT2D eigenvalue weighted by Crippen LogP contribution is -1.79. The quantitative estimate of drug-likeness (QED) is 0.559. The van der Waals surface area contributed by atoms with Gasteiger partial charge in [-0.25, -0.2) is 0 Å². The Balaban J connectivity index is 3.61. The molecular weight excluding hydrogens is 110 g/mol. The number of unbranched alkanes of at least 4 members (excludes halogenated alkanes) is 1. The van der Waals surface area contributed by atoms with Crippen LogP contribution in [-0.2, 0) is 0 Å². The maximum Gasteiger partial charge on any atom is 0.0206 e. The Morgan fingerprint density at radius 2 is 2.11 bits per heavy atom. The third-order valence-electron chi connectivity index (χ3n) is 1.29. The van der Waals surface area contributed by atoms with Crippen molar-refractivity contribution in [1.29, 1.82) is 5.41 Å². The first-order valence-electron chi connectivity index (χ1n) is 3.54. The van der Waals surface area contributed by atoms with E-state index in [9.17, 15) is 0 Å². The minimum atomic E-state index is 0.990. The van der Waals surface area contributed by atoms with Gasteiger partial charge in [0, 0.05) is 6.21 Å². The SMILES string of the molecule is CCC/C=C(/C=N)CC. The molecule has 0 atom stereocenters. The van der Waals surface area contributed by atoms with Crippen LogP contribution in [0, 0.1) is 5.41 Å². The summed E-state index contributed by atoms with van der Waals surface area (Å²) in [5, 5.41) is 6.95. The van der Waals surface area contributed by atoms with E-state index >= 15 is 0 Å². The molecule has 0 saturated heterocycles. The van der Waals surface area contributed by atoms with Gasteiger partial charge >= 0.3 is 0 Å². The Morgan fingerprint density at radius 1 is 1.44 bits per heavy atom. The minimum absolute atomic E-state index is 0.990. The molecule has 1 N–H and O–H groups in total. The summed E-state index contributed by atoms with van der Waals surface area (Å²) in [6, 6.07) is 0. The van der Waals surface area contributed by atoms with Gasteiger partial charge in [0.05, 0.1) is 0 Å². The molecule has 0 aromatic rings. The molecule has 52 valence electrons. The molecule has 0 fully saturated rings. The normalized spacial score (nSPS) is 11.6. The molecule has 0 aliphatic heterocycles. The van der Waals surface area contributed by atoms with Crippen molar-refractivity contribution in [2.75, 3.05) is 0 Å². The van der Waals surface area contributed by atoms with Crippen LogP contribution in [0.15, 0.2) is 11.6 Å². The second kappa shape index (κ2) is 5.54. The Hall–Kier alpha value is -0.590. The molecule has 0 radical (unpaired) electrons. The summed E-state index contributed by atoms with van der Waals surface area (Å²) in [7, 11) is 0. The van der Waals surface area contributed by atoms with Gasteiger partial charge in [0.2, 0.25) is 0 Å². The van der Waals surface area contributed by atoms with E-state index in [1.165, 1.54) is 12.6 Å². The van der Waals surface area contributed by atoms with Crippen molar-refractivity contribution in [3.8, 4) is 0 Å². The fourth-order valence-electron chi connectivity index (χ4n) is 0.635. The van der Waals surface area contributed by atoms with Crippen LogP contribution in [0.2, 0.25) is 0 Å². The zero-order chi connectivity index (χ0) is 7.11. The highest BCUT2D eigenvalue weighted by Crippen LogP contribution is 1.99. The van der Waals surface area contributed by atoms with E-state index in [0.717, 1.165) is 18.4 Å². The molecule has 0 saturated carbocycles. The van der Waals surface area contributed by atoms with Crippen LogP contribution in [0.3, 0.4) is 0 Å². The fourth-order valence-corrected chi connectivity index (χ4v) is 0.635. The van der Waals surface area contributed by atoms with E-state index in [1.54, 1.807) is 0 Å². The highest BCUT2D eigenvalue weighted by atomic mass is 14.3. The van der Waals surface area contributed by atoms with Crippen LogP contribution in [0.25, 0.3) is 0 Å². The maximum absolute atomic E-state index is 6.95. The Kier molecular flexibility index (Phi) is 5.18. The van der Waals surface area contributed by atoms with E-state index in [1.807, 2.05) is 0 Å². The van der Waals surface area contributed by atoms with E-state index in [0.29, 0.717) is 0 Å². The molecule has 0 rings (SSSR count). The van der Waals surface area contributed by atoms with E-state index < -0.39 is 0 Å². The molecule has 0 amide bonds. The van der Waals surface area contributed by atoms with Gasteiger partial charge in [0.25, 0.3) is 0 Å². The number of rotatable bonds is 4. The van der Waals surface area contributed by atoms with Crippen LogP contribution >= 0.6 is 0 Å². The average Bonchev–Trinajstić information content (AvgIpc) is 1.91. The van der Waals surface area contributed by atoms with Gasteiger partial charge in [-0.05, 0) is 18.4 Å². The summed E-state index contributed by atoms with van der Waals surface area (Å²) in [4.78, 5) is 0. The second-order valence-corrected chi connectivity index (χ2v) is 2.07. The van der Waals surface area contributed by atoms with E-state index in [-0.39, 0.29) is 0 Å². The lowest BCUT2D eigenvalue weighted by atomic mass is 10.2. The van der Waals surface area contributed by atoms with E-state index in [4.69, 9.17) is 5.41 Å². The minimum Gasteiger partial charge on any atom is -0.308 e. The second-order valence-electron chi connectivity index (χ2n) is 2.07. The Morgan fingerprint density at radius 3 is 2.44 bits per heavy atom. The van der Waals surface area contributed by atoms with Gasteiger partial charge < -0.3 is 5.41 Å². The Bertz CT molecular complexity index is 103. The predicted molar refractivity (Wildman–Crippen MR) is 42.1 cm³/mol. The van der Waals surface area contributed by atoms with Gasteiger partial charge in [0.1, 0.15) is 0 Å². The molecule has 1 nitrogen and oxygen atoms in total. The molecule has 0 bridgehead atoms. The monoisotopic (exact) mass is 125 g/mol. The van der Waals surface area contributed by atoms with E-state index in [2.05, 4.69) is 19.9 Å². The van der Waals surface area contributed by atoms with Crippen molar-refractivity contribution in [3.63, 3.8) is 0 Å². The largest absolute Gasteiger partial charge is 0.308 e. The topological polar surface area (TPSA) is 23.9 Å². The number of allylic oxidation sites excluding steroid dienone is 2. The van der Waals surface area contributed by atoms with Crippen LogP contribution < -0.4 is 0 Å². The van der Waals surface area contributed by atoms with Crippen LogP contribution in [0.5, 0.6) is 0 Å². The third kappa shape index (κ3) is 3.95. The van der Waals surface area contributed by atoms with Gasteiger partial charge in [0.15, 0.2) is 0 Å². The van der Waals surface area contributed by atoms with Gasteiger partial charge in [-0.1, -0.05) is 26.3 Å². The lowest BCUT2D eigenvalue weighted by molar-refractivity contribution is 0.946. The van der Waals surface area contributed by atoms with Crippen LogP contribution in [0.4, 0.5) is 0 Å². The molecular formula is C8H15N. The molecule has 1 heteroatoms. The number of hydrogen-bond donors (Lipinski definition) is 1. The van der Waals surface area contributed by atoms with Gasteiger partial charge in [-0.3, -0.25) is 0 Å². The molecule has 0 unspecified atom stereocenters. The average molecular weight is 125 g/mol. The molecule has 0 aromatic heterocycles. The zero-order valence-corrected chi connectivity index (χ0v) is 6.28. The summed E-state index contributed by atoms with van der Waals surface area (Å²) in [5.41, 5.74) is 1.15. The summed E-state index contributed by atoms with van der Waals surface area (Å²) in [6.45, 7) is 4.22. The maximum atomic E-state index is 6.95. The first-order valence-corrected chi connectivity index (χ1v) is 3.54. The summed E-state index contributed by atoms with van der Waals surface area (Å²) in [6.07, 6.45) is 6.85. The third-order valence-corrected chi connectivity index (χ3v) is 1.29. The highest BCUT2D eigenvalue weighted by molar-refractivity contribution is 5.75. The van der Waals surface area contributed by atoms with Crippen molar-refractivity contribution in [2.24, 2.45) is 0 Å². The summed E-state index contributed by atoms with van der Waals surface area (Å²) in [5.74, 6) is 0. The van der Waals surface area contributed by atoms with Crippen molar-refractivity contribution in [1.82, 2.24) is 0 Å². The van der Waals surface area contributed by atoms with Crippen molar-refractivity contribution >= 4 is 6.21 Å². The zero-order valence-electron chi connectivity index (χ0n) is 6.28.